The number of rotatable bonds is 6. The van der Waals surface area contributed by atoms with Gasteiger partial charge in [0.15, 0.2) is 0 Å². The molecule has 0 N–H and O–H groups in total. The van der Waals surface area contributed by atoms with E-state index in [0.29, 0.717) is 31.9 Å². The number of likely N-dealkylation sites (tertiary alicyclic amines) is 1. The maximum Gasteiger partial charge on any atom is 0.416 e. The minimum absolute atomic E-state index is 0.0124. The van der Waals surface area contributed by atoms with Gasteiger partial charge in [-0.2, -0.15) is 13.2 Å². The first-order chi connectivity index (χ1) is 15.8. The third-order valence-corrected chi connectivity index (χ3v) is 6.55. The number of halogens is 3. The van der Waals surface area contributed by atoms with Crippen LogP contribution in [0.4, 0.5) is 13.2 Å². The lowest BCUT2D eigenvalue weighted by atomic mass is 9.87. The molecule has 2 aliphatic heterocycles. The fraction of sp³-hybridized carbons (Fsp3) is 0.480. The van der Waals surface area contributed by atoms with Gasteiger partial charge in [-0.15, -0.1) is 0 Å². The van der Waals surface area contributed by atoms with E-state index in [1.165, 1.54) is 12.1 Å². The lowest BCUT2D eigenvalue weighted by molar-refractivity contribution is -0.137. The molecule has 2 heterocycles. The van der Waals surface area contributed by atoms with E-state index in [1.807, 2.05) is 24.3 Å². The zero-order valence-electron chi connectivity index (χ0n) is 18.7. The molecule has 2 aromatic carbocycles. The molecule has 2 fully saturated rings. The van der Waals surface area contributed by atoms with Crippen LogP contribution in [0, 0.1) is 5.92 Å². The standard InChI is InChI=1S/C25H29F3N2O3/c1-32-22-7-5-18(6-8-22)13-24(31)30-16-20(15-29-9-11-33-12-10-29)23(17-30)19-3-2-4-21(14-19)25(26,27)28/h2-8,14,20,23H,9-13,15-17H2,1H3/t20-,23+/m1/s1. The molecule has 0 spiro atoms. The summed E-state index contributed by atoms with van der Waals surface area (Å²) in [5.41, 5.74) is 0.879. The Bertz CT molecular complexity index is 943. The van der Waals surface area contributed by atoms with Crippen molar-refractivity contribution in [2.45, 2.75) is 18.5 Å². The van der Waals surface area contributed by atoms with E-state index in [-0.39, 0.29) is 24.2 Å². The number of alkyl halides is 3. The number of methoxy groups -OCH3 is 1. The Morgan fingerprint density at radius 3 is 2.48 bits per heavy atom. The highest BCUT2D eigenvalue weighted by atomic mass is 19.4. The molecule has 0 saturated carbocycles. The Labute approximate surface area is 192 Å². The molecule has 0 aromatic heterocycles. The second kappa shape index (κ2) is 10.1. The van der Waals surface area contributed by atoms with Crippen LogP contribution < -0.4 is 4.74 Å². The fourth-order valence-electron chi connectivity index (χ4n) is 4.73. The molecular weight excluding hydrogens is 433 g/mol. The van der Waals surface area contributed by atoms with Crippen molar-refractivity contribution in [1.82, 2.24) is 9.80 Å². The summed E-state index contributed by atoms with van der Waals surface area (Å²) in [5, 5.41) is 0. The van der Waals surface area contributed by atoms with Gasteiger partial charge >= 0.3 is 6.18 Å². The summed E-state index contributed by atoms with van der Waals surface area (Å²) in [6, 6.07) is 12.9. The normalized spacial score (nSPS) is 21.9. The third kappa shape index (κ3) is 5.86. The van der Waals surface area contributed by atoms with E-state index in [9.17, 15) is 18.0 Å². The van der Waals surface area contributed by atoms with Crippen LogP contribution in [0.25, 0.3) is 0 Å². The number of morpholine rings is 1. The van der Waals surface area contributed by atoms with E-state index in [0.717, 1.165) is 37.0 Å². The maximum atomic E-state index is 13.3. The van der Waals surface area contributed by atoms with Crippen molar-refractivity contribution in [2.75, 3.05) is 53.0 Å². The average molecular weight is 463 g/mol. The summed E-state index contributed by atoms with van der Waals surface area (Å²) >= 11 is 0. The molecule has 0 bridgehead atoms. The van der Waals surface area contributed by atoms with Gasteiger partial charge in [0.05, 0.1) is 32.3 Å². The first-order valence-corrected chi connectivity index (χ1v) is 11.2. The topological polar surface area (TPSA) is 42.0 Å². The lowest BCUT2D eigenvalue weighted by Crippen LogP contribution is -2.41. The van der Waals surface area contributed by atoms with Crippen LogP contribution in [-0.4, -0.2) is 68.8 Å². The van der Waals surface area contributed by atoms with Crippen LogP contribution in [0.2, 0.25) is 0 Å². The van der Waals surface area contributed by atoms with Crippen molar-refractivity contribution < 1.29 is 27.4 Å². The highest BCUT2D eigenvalue weighted by Gasteiger charge is 2.38. The number of nitrogens with zero attached hydrogens (tertiary/aromatic N) is 2. The van der Waals surface area contributed by atoms with Crippen molar-refractivity contribution >= 4 is 5.91 Å². The predicted octanol–water partition coefficient (Wildman–Crippen LogP) is 3.83. The van der Waals surface area contributed by atoms with Crippen molar-refractivity contribution in [3.8, 4) is 5.75 Å². The molecule has 178 valence electrons. The number of benzene rings is 2. The van der Waals surface area contributed by atoms with Crippen molar-refractivity contribution in [3.05, 3.63) is 65.2 Å². The van der Waals surface area contributed by atoms with E-state index < -0.39 is 11.7 Å². The van der Waals surface area contributed by atoms with Crippen molar-refractivity contribution in [1.29, 1.82) is 0 Å². The average Bonchev–Trinajstić information content (AvgIpc) is 3.24. The van der Waals surface area contributed by atoms with Crippen molar-refractivity contribution in [2.24, 2.45) is 5.92 Å². The van der Waals surface area contributed by atoms with E-state index in [1.54, 1.807) is 18.1 Å². The van der Waals surface area contributed by atoms with Crippen LogP contribution in [0.5, 0.6) is 5.75 Å². The first-order valence-electron chi connectivity index (χ1n) is 11.2. The number of carbonyl (C=O) groups excluding carboxylic acids is 1. The molecule has 33 heavy (non-hydrogen) atoms. The smallest absolute Gasteiger partial charge is 0.416 e. The summed E-state index contributed by atoms with van der Waals surface area (Å²) < 4.78 is 50.6. The largest absolute Gasteiger partial charge is 0.497 e. The fourth-order valence-corrected chi connectivity index (χ4v) is 4.73. The van der Waals surface area contributed by atoms with Gasteiger partial charge in [0.25, 0.3) is 0 Å². The summed E-state index contributed by atoms with van der Waals surface area (Å²) in [5.74, 6) is 0.630. The molecule has 0 aliphatic carbocycles. The molecular formula is C25H29F3N2O3. The van der Waals surface area contributed by atoms with Gasteiger partial charge in [-0.25, -0.2) is 0 Å². The van der Waals surface area contributed by atoms with E-state index in [2.05, 4.69) is 4.90 Å². The summed E-state index contributed by atoms with van der Waals surface area (Å²) in [4.78, 5) is 17.2. The van der Waals surface area contributed by atoms with Gasteiger partial charge in [0.1, 0.15) is 5.75 Å². The van der Waals surface area contributed by atoms with E-state index >= 15 is 0 Å². The van der Waals surface area contributed by atoms with Crippen LogP contribution in [0.15, 0.2) is 48.5 Å². The molecule has 4 rings (SSSR count). The van der Waals surface area contributed by atoms with Gasteiger partial charge in [-0.1, -0.05) is 30.3 Å². The Morgan fingerprint density at radius 1 is 1.09 bits per heavy atom. The van der Waals surface area contributed by atoms with Crippen LogP contribution in [0.1, 0.15) is 22.6 Å². The molecule has 2 aromatic rings. The van der Waals surface area contributed by atoms with Gasteiger partial charge in [0, 0.05) is 38.6 Å². The monoisotopic (exact) mass is 462 g/mol. The minimum Gasteiger partial charge on any atom is -0.497 e. The molecule has 2 saturated heterocycles. The van der Waals surface area contributed by atoms with Gasteiger partial charge in [-0.3, -0.25) is 9.69 Å². The second-order valence-electron chi connectivity index (χ2n) is 8.73. The molecule has 5 nitrogen and oxygen atoms in total. The van der Waals surface area contributed by atoms with Gasteiger partial charge < -0.3 is 14.4 Å². The third-order valence-electron chi connectivity index (χ3n) is 6.55. The number of hydrogen-bond donors (Lipinski definition) is 0. The number of carbonyl (C=O) groups is 1. The highest BCUT2D eigenvalue weighted by Crippen LogP contribution is 2.37. The number of hydrogen-bond acceptors (Lipinski definition) is 4. The van der Waals surface area contributed by atoms with Crippen LogP contribution >= 0.6 is 0 Å². The van der Waals surface area contributed by atoms with E-state index in [4.69, 9.17) is 9.47 Å². The number of amides is 1. The van der Waals surface area contributed by atoms with Crippen LogP contribution in [0.3, 0.4) is 0 Å². The first kappa shape index (κ1) is 23.6. The Morgan fingerprint density at radius 2 is 1.82 bits per heavy atom. The number of ether oxygens (including phenoxy) is 2. The zero-order chi connectivity index (χ0) is 23.4. The Kier molecular flexibility index (Phi) is 7.24. The molecule has 2 atom stereocenters. The highest BCUT2D eigenvalue weighted by molar-refractivity contribution is 5.79. The van der Waals surface area contributed by atoms with Crippen LogP contribution in [-0.2, 0) is 22.1 Å². The summed E-state index contributed by atoms with van der Waals surface area (Å²) in [7, 11) is 1.59. The van der Waals surface area contributed by atoms with Crippen molar-refractivity contribution in [3.63, 3.8) is 0 Å². The zero-order valence-corrected chi connectivity index (χ0v) is 18.7. The molecule has 2 aliphatic rings. The molecule has 0 unspecified atom stereocenters. The Hall–Kier alpha value is -2.58. The lowest BCUT2D eigenvalue weighted by Gasteiger charge is -2.31. The van der Waals surface area contributed by atoms with Gasteiger partial charge in [0.2, 0.25) is 5.91 Å². The second-order valence-corrected chi connectivity index (χ2v) is 8.73. The molecule has 8 heteroatoms. The molecule has 1 amide bonds. The Balaban J connectivity index is 1.52. The van der Waals surface area contributed by atoms with Gasteiger partial charge in [-0.05, 0) is 35.2 Å². The molecule has 0 radical (unpaired) electrons. The minimum atomic E-state index is -4.39. The predicted molar refractivity (Wildman–Crippen MR) is 118 cm³/mol. The quantitative estimate of drug-likeness (QED) is 0.655. The SMILES string of the molecule is COc1ccc(CC(=O)N2C[C@@H](CN3CCOCC3)[C@H](c3cccc(C(F)(F)F)c3)C2)cc1. The summed E-state index contributed by atoms with van der Waals surface area (Å²) in [6.07, 6.45) is -4.14. The maximum absolute atomic E-state index is 13.3. The summed E-state index contributed by atoms with van der Waals surface area (Å²) in [6.45, 7) is 4.59.